The third kappa shape index (κ3) is 3.74. The molecule has 1 heterocycles. The lowest BCUT2D eigenvalue weighted by Gasteiger charge is -2.07. The summed E-state index contributed by atoms with van der Waals surface area (Å²) in [6.07, 6.45) is 1.70. The van der Waals surface area contributed by atoms with Crippen molar-refractivity contribution in [2.24, 2.45) is 0 Å². The molecule has 0 aliphatic rings. The molecule has 25 heavy (non-hydrogen) atoms. The Morgan fingerprint density at radius 1 is 1.08 bits per heavy atom. The first-order valence-electron chi connectivity index (χ1n) is 7.86. The molecule has 6 heteroatoms. The maximum absolute atomic E-state index is 13.7. The summed E-state index contributed by atoms with van der Waals surface area (Å²) < 4.78 is 28.2. The molecule has 1 N–H and O–H groups in total. The number of carbonyl (C=O) groups is 1. The number of benzene rings is 2. The van der Waals surface area contributed by atoms with E-state index in [-0.39, 0.29) is 11.4 Å². The van der Waals surface area contributed by atoms with Crippen LogP contribution >= 0.6 is 0 Å². The molecule has 0 aliphatic heterocycles. The zero-order valence-electron chi connectivity index (χ0n) is 13.8. The summed E-state index contributed by atoms with van der Waals surface area (Å²) in [5.74, 6) is -1.61. The van der Waals surface area contributed by atoms with Crippen molar-refractivity contribution in [2.75, 3.05) is 5.32 Å². The number of halogens is 2. The van der Waals surface area contributed by atoms with Crippen LogP contribution in [0.3, 0.4) is 0 Å². The third-order valence-corrected chi connectivity index (χ3v) is 3.83. The second-order valence-electron chi connectivity index (χ2n) is 5.97. The first-order valence-corrected chi connectivity index (χ1v) is 7.86. The SMILES string of the molecule is CC(C)c1ccc(-n2ccc(NC(=O)c3ccc(F)cc3F)n2)cc1. The molecule has 2 aromatic carbocycles. The smallest absolute Gasteiger partial charge is 0.259 e. The van der Waals surface area contributed by atoms with Crippen LogP contribution in [0.2, 0.25) is 0 Å². The Morgan fingerprint density at radius 3 is 2.44 bits per heavy atom. The van der Waals surface area contributed by atoms with Crippen LogP contribution < -0.4 is 5.32 Å². The number of nitrogens with one attached hydrogen (secondary N) is 1. The zero-order chi connectivity index (χ0) is 18.0. The fraction of sp³-hybridized carbons (Fsp3) is 0.158. The zero-order valence-corrected chi connectivity index (χ0v) is 13.8. The summed E-state index contributed by atoms with van der Waals surface area (Å²) in [6.45, 7) is 4.23. The Balaban J connectivity index is 1.76. The summed E-state index contributed by atoms with van der Waals surface area (Å²) in [4.78, 5) is 12.1. The number of hydrogen-bond donors (Lipinski definition) is 1. The van der Waals surface area contributed by atoms with Gasteiger partial charge in [0.1, 0.15) is 11.6 Å². The Morgan fingerprint density at radius 2 is 1.80 bits per heavy atom. The van der Waals surface area contributed by atoms with E-state index in [1.54, 1.807) is 16.9 Å². The maximum Gasteiger partial charge on any atom is 0.259 e. The van der Waals surface area contributed by atoms with Gasteiger partial charge in [-0.15, -0.1) is 0 Å². The van der Waals surface area contributed by atoms with Gasteiger partial charge in [-0.3, -0.25) is 4.79 Å². The summed E-state index contributed by atoms with van der Waals surface area (Å²) in [5, 5.41) is 6.76. The molecule has 3 rings (SSSR count). The van der Waals surface area contributed by atoms with Gasteiger partial charge in [0.2, 0.25) is 0 Å². The predicted molar refractivity (Wildman–Crippen MR) is 92.0 cm³/mol. The summed E-state index contributed by atoms with van der Waals surface area (Å²) in [7, 11) is 0. The van der Waals surface area contributed by atoms with Crippen molar-refractivity contribution in [3.63, 3.8) is 0 Å². The van der Waals surface area contributed by atoms with Crippen molar-refractivity contribution in [1.82, 2.24) is 9.78 Å². The van der Waals surface area contributed by atoms with E-state index in [0.717, 1.165) is 17.8 Å². The molecule has 0 aliphatic carbocycles. The number of nitrogens with zero attached hydrogens (tertiary/aromatic N) is 2. The minimum absolute atomic E-state index is 0.239. The van der Waals surface area contributed by atoms with E-state index >= 15 is 0 Å². The molecule has 0 radical (unpaired) electrons. The summed E-state index contributed by atoms with van der Waals surface area (Å²) >= 11 is 0. The molecule has 1 aromatic heterocycles. The average molecular weight is 341 g/mol. The average Bonchev–Trinajstić information content (AvgIpc) is 3.03. The quantitative estimate of drug-likeness (QED) is 0.758. The van der Waals surface area contributed by atoms with E-state index in [4.69, 9.17) is 0 Å². The number of aromatic nitrogens is 2. The number of rotatable bonds is 4. The largest absolute Gasteiger partial charge is 0.305 e. The van der Waals surface area contributed by atoms with Gasteiger partial charge in [0.15, 0.2) is 5.82 Å². The minimum atomic E-state index is -0.916. The van der Waals surface area contributed by atoms with Crippen molar-refractivity contribution < 1.29 is 13.6 Å². The van der Waals surface area contributed by atoms with Crippen LogP contribution in [0.1, 0.15) is 35.7 Å². The van der Waals surface area contributed by atoms with Crippen LogP contribution in [0.5, 0.6) is 0 Å². The third-order valence-electron chi connectivity index (χ3n) is 3.83. The molecule has 0 spiro atoms. The monoisotopic (exact) mass is 341 g/mol. The van der Waals surface area contributed by atoms with E-state index in [0.29, 0.717) is 12.0 Å². The molecular weight excluding hydrogens is 324 g/mol. The Labute approximate surface area is 144 Å². The van der Waals surface area contributed by atoms with Gasteiger partial charge in [-0.2, -0.15) is 5.10 Å². The van der Waals surface area contributed by atoms with Gasteiger partial charge in [-0.1, -0.05) is 26.0 Å². The molecule has 0 saturated heterocycles. The molecule has 1 amide bonds. The summed E-state index contributed by atoms with van der Waals surface area (Å²) in [5.41, 5.74) is 1.83. The highest BCUT2D eigenvalue weighted by Crippen LogP contribution is 2.18. The molecule has 0 bridgehead atoms. The summed E-state index contributed by atoms with van der Waals surface area (Å²) in [6, 6.07) is 12.3. The van der Waals surface area contributed by atoms with E-state index in [2.05, 4.69) is 24.3 Å². The highest BCUT2D eigenvalue weighted by atomic mass is 19.1. The van der Waals surface area contributed by atoms with E-state index in [1.807, 2.05) is 24.3 Å². The van der Waals surface area contributed by atoms with Crippen LogP contribution in [0.25, 0.3) is 5.69 Å². The van der Waals surface area contributed by atoms with Crippen molar-refractivity contribution in [3.05, 3.63) is 77.5 Å². The van der Waals surface area contributed by atoms with E-state index in [1.165, 1.54) is 5.56 Å². The lowest BCUT2D eigenvalue weighted by Crippen LogP contribution is -2.14. The van der Waals surface area contributed by atoms with Gasteiger partial charge in [-0.25, -0.2) is 13.5 Å². The second kappa shape index (κ2) is 6.84. The molecule has 0 fully saturated rings. The van der Waals surface area contributed by atoms with Crippen LogP contribution in [0.4, 0.5) is 14.6 Å². The molecule has 0 unspecified atom stereocenters. The van der Waals surface area contributed by atoms with Gasteiger partial charge in [0.25, 0.3) is 5.91 Å². The number of carbonyl (C=O) groups excluding carboxylic acids is 1. The Kier molecular flexibility index (Phi) is 4.61. The van der Waals surface area contributed by atoms with Crippen LogP contribution in [-0.2, 0) is 0 Å². The fourth-order valence-electron chi connectivity index (χ4n) is 2.40. The molecule has 3 aromatic rings. The second-order valence-corrected chi connectivity index (χ2v) is 5.97. The van der Waals surface area contributed by atoms with Gasteiger partial charge in [0, 0.05) is 18.3 Å². The van der Waals surface area contributed by atoms with Crippen LogP contribution in [0, 0.1) is 11.6 Å². The molecule has 128 valence electrons. The van der Waals surface area contributed by atoms with Crippen molar-refractivity contribution in [2.45, 2.75) is 19.8 Å². The highest BCUT2D eigenvalue weighted by Gasteiger charge is 2.14. The molecule has 4 nitrogen and oxygen atoms in total. The number of amides is 1. The normalized spacial score (nSPS) is 10.9. The van der Waals surface area contributed by atoms with E-state index < -0.39 is 17.5 Å². The van der Waals surface area contributed by atoms with Gasteiger partial charge in [-0.05, 0) is 35.7 Å². The predicted octanol–water partition coefficient (Wildman–Crippen LogP) is 4.53. The molecular formula is C19H17F2N3O. The van der Waals surface area contributed by atoms with Gasteiger partial charge in [0.05, 0.1) is 11.3 Å². The Hall–Kier alpha value is -3.02. The first kappa shape index (κ1) is 16.8. The van der Waals surface area contributed by atoms with Gasteiger partial charge < -0.3 is 5.32 Å². The number of hydrogen-bond acceptors (Lipinski definition) is 2. The lowest BCUT2D eigenvalue weighted by molar-refractivity contribution is 0.102. The minimum Gasteiger partial charge on any atom is -0.305 e. The molecule has 0 atom stereocenters. The highest BCUT2D eigenvalue weighted by molar-refractivity contribution is 6.03. The standard InChI is InChI=1S/C19H17F2N3O/c1-12(2)13-3-6-15(7-4-13)24-10-9-18(23-24)22-19(25)16-8-5-14(20)11-17(16)21/h3-12H,1-2H3,(H,22,23,25). The van der Waals surface area contributed by atoms with Crippen LogP contribution in [-0.4, -0.2) is 15.7 Å². The van der Waals surface area contributed by atoms with Crippen molar-refractivity contribution in [3.8, 4) is 5.69 Å². The Bertz CT molecular complexity index is 901. The fourth-order valence-corrected chi connectivity index (χ4v) is 2.40. The van der Waals surface area contributed by atoms with E-state index in [9.17, 15) is 13.6 Å². The molecule has 0 saturated carbocycles. The lowest BCUT2D eigenvalue weighted by atomic mass is 10.0. The van der Waals surface area contributed by atoms with Crippen LogP contribution in [0.15, 0.2) is 54.7 Å². The topological polar surface area (TPSA) is 46.9 Å². The maximum atomic E-state index is 13.7. The first-order chi connectivity index (χ1) is 11.9. The van der Waals surface area contributed by atoms with Crippen molar-refractivity contribution in [1.29, 1.82) is 0 Å². The van der Waals surface area contributed by atoms with Crippen molar-refractivity contribution >= 4 is 11.7 Å². The number of anilines is 1. The van der Waals surface area contributed by atoms with Gasteiger partial charge >= 0.3 is 0 Å².